The van der Waals surface area contributed by atoms with Crippen LogP contribution in [-0.2, 0) is 16.0 Å². The molecule has 1 saturated heterocycles. The Morgan fingerprint density at radius 2 is 1.93 bits per heavy atom. The SMILES string of the molecule is Cc1cc(N2CCOCC2)ccc1NC(=O)CCc1cccc(OC2CCCC2)c1. The molecule has 1 saturated carbocycles. The van der Waals surface area contributed by atoms with Gasteiger partial charge in [0.1, 0.15) is 5.75 Å². The molecule has 1 heterocycles. The van der Waals surface area contributed by atoms with Crippen molar-refractivity contribution in [2.24, 2.45) is 0 Å². The molecule has 2 aliphatic rings. The van der Waals surface area contributed by atoms with Gasteiger partial charge in [-0.15, -0.1) is 0 Å². The number of hydrogen-bond acceptors (Lipinski definition) is 4. The molecule has 5 nitrogen and oxygen atoms in total. The molecule has 1 aliphatic carbocycles. The van der Waals surface area contributed by atoms with Crippen molar-refractivity contribution in [1.29, 1.82) is 0 Å². The maximum absolute atomic E-state index is 12.5. The third-order valence-corrected chi connectivity index (χ3v) is 6.00. The lowest BCUT2D eigenvalue weighted by molar-refractivity contribution is -0.116. The molecule has 2 aromatic rings. The quantitative estimate of drug-likeness (QED) is 0.720. The van der Waals surface area contributed by atoms with Crippen molar-refractivity contribution < 1.29 is 14.3 Å². The van der Waals surface area contributed by atoms with Crippen molar-refractivity contribution in [3.63, 3.8) is 0 Å². The van der Waals surface area contributed by atoms with E-state index in [1.807, 2.05) is 25.1 Å². The summed E-state index contributed by atoms with van der Waals surface area (Å²) in [6, 6.07) is 14.4. The number of ether oxygens (including phenoxy) is 2. The molecule has 0 radical (unpaired) electrons. The number of aryl methyl sites for hydroxylation is 2. The first-order valence-electron chi connectivity index (χ1n) is 11.2. The third-order valence-electron chi connectivity index (χ3n) is 6.00. The zero-order valence-corrected chi connectivity index (χ0v) is 17.9. The first-order chi connectivity index (χ1) is 14.7. The second-order valence-corrected chi connectivity index (χ2v) is 8.32. The van der Waals surface area contributed by atoms with Crippen LogP contribution in [0.25, 0.3) is 0 Å². The number of anilines is 2. The molecule has 0 aromatic heterocycles. The van der Waals surface area contributed by atoms with Crippen molar-refractivity contribution in [1.82, 2.24) is 0 Å². The van der Waals surface area contributed by atoms with Gasteiger partial charge in [-0.3, -0.25) is 4.79 Å². The fourth-order valence-electron chi connectivity index (χ4n) is 4.25. The standard InChI is InChI=1S/C25H32N2O3/c1-19-17-21(27-13-15-29-16-14-27)10-11-24(19)26-25(28)12-9-20-5-4-8-23(18-20)30-22-6-2-3-7-22/h4-5,8,10-11,17-18,22H,2-3,6-7,9,12-16H2,1H3,(H,26,28). The topological polar surface area (TPSA) is 50.8 Å². The molecule has 0 unspecified atom stereocenters. The second-order valence-electron chi connectivity index (χ2n) is 8.32. The number of carbonyl (C=O) groups excluding carboxylic acids is 1. The van der Waals surface area contributed by atoms with Crippen LogP contribution in [0.2, 0.25) is 0 Å². The van der Waals surface area contributed by atoms with E-state index in [1.165, 1.54) is 18.5 Å². The van der Waals surface area contributed by atoms with E-state index < -0.39 is 0 Å². The number of carbonyl (C=O) groups is 1. The van der Waals surface area contributed by atoms with Crippen LogP contribution in [0, 0.1) is 6.92 Å². The second kappa shape index (κ2) is 9.98. The Balaban J connectivity index is 1.29. The molecule has 1 N–H and O–H groups in total. The number of nitrogens with zero attached hydrogens (tertiary/aromatic N) is 1. The summed E-state index contributed by atoms with van der Waals surface area (Å²) in [6.07, 6.45) is 6.34. The lowest BCUT2D eigenvalue weighted by Gasteiger charge is -2.29. The zero-order chi connectivity index (χ0) is 20.8. The Morgan fingerprint density at radius 1 is 1.13 bits per heavy atom. The zero-order valence-electron chi connectivity index (χ0n) is 17.9. The minimum absolute atomic E-state index is 0.0411. The van der Waals surface area contributed by atoms with E-state index in [1.54, 1.807) is 0 Å². The highest BCUT2D eigenvalue weighted by Gasteiger charge is 2.17. The van der Waals surface area contributed by atoms with Gasteiger partial charge in [-0.05, 0) is 80.5 Å². The summed E-state index contributed by atoms with van der Waals surface area (Å²) in [4.78, 5) is 14.8. The van der Waals surface area contributed by atoms with E-state index in [0.717, 1.165) is 61.7 Å². The smallest absolute Gasteiger partial charge is 0.224 e. The number of amides is 1. The lowest BCUT2D eigenvalue weighted by Crippen LogP contribution is -2.36. The first-order valence-corrected chi connectivity index (χ1v) is 11.2. The van der Waals surface area contributed by atoms with Crippen LogP contribution in [0.15, 0.2) is 42.5 Å². The number of rotatable bonds is 7. The summed E-state index contributed by atoms with van der Waals surface area (Å²) in [7, 11) is 0. The summed E-state index contributed by atoms with van der Waals surface area (Å²) in [5, 5.41) is 3.07. The highest BCUT2D eigenvalue weighted by Crippen LogP contribution is 2.26. The average molecular weight is 409 g/mol. The summed E-state index contributed by atoms with van der Waals surface area (Å²) in [6.45, 7) is 5.40. The van der Waals surface area contributed by atoms with Crippen LogP contribution < -0.4 is 15.0 Å². The van der Waals surface area contributed by atoms with Gasteiger partial charge < -0.3 is 19.7 Å². The minimum Gasteiger partial charge on any atom is -0.490 e. The number of benzene rings is 2. The summed E-state index contributed by atoms with van der Waals surface area (Å²) in [5.74, 6) is 0.966. The first kappa shape index (κ1) is 20.7. The number of hydrogen-bond donors (Lipinski definition) is 1. The van der Waals surface area contributed by atoms with Gasteiger partial charge in [0.15, 0.2) is 0 Å². The van der Waals surface area contributed by atoms with Crippen LogP contribution in [0.3, 0.4) is 0 Å². The Kier molecular flexibility index (Phi) is 6.90. The molecule has 1 aliphatic heterocycles. The Morgan fingerprint density at radius 3 is 2.70 bits per heavy atom. The number of nitrogens with one attached hydrogen (secondary N) is 1. The van der Waals surface area contributed by atoms with Crippen LogP contribution >= 0.6 is 0 Å². The highest BCUT2D eigenvalue weighted by molar-refractivity contribution is 5.91. The maximum Gasteiger partial charge on any atom is 0.224 e. The van der Waals surface area contributed by atoms with Gasteiger partial charge in [-0.25, -0.2) is 0 Å². The summed E-state index contributed by atoms with van der Waals surface area (Å²) < 4.78 is 11.5. The maximum atomic E-state index is 12.5. The molecular weight excluding hydrogens is 376 g/mol. The van der Waals surface area contributed by atoms with Gasteiger partial charge >= 0.3 is 0 Å². The summed E-state index contributed by atoms with van der Waals surface area (Å²) >= 11 is 0. The van der Waals surface area contributed by atoms with Gasteiger partial charge in [0.2, 0.25) is 5.91 Å². The van der Waals surface area contributed by atoms with E-state index in [9.17, 15) is 4.79 Å². The predicted molar refractivity (Wildman–Crippen MR) is 120 cm³/mol. The van der Waals surface area contributed by atoms with Crippen LogP contribution in [-0.4, -0.2) is 38.3 Å². The molecule has 160 valence electrons. The van der Waals surface area contributed by atoms with Gasteiger partial charge in [-0.2, -0.15) is 0 Å². The minimum atomic E-state index is 0.0411. The Hall–Kier alpha value is -2.53. The van der Waals surface area contributed by atoms with E-state index >= 15 is 0 Å². The lowest BCUT2D eigenvalue weighted by atomic mass is 10.1. The van der Waals surface area contributed by atoms with Gasteiger partial charge in [0.25, 0.3) is 0 Å². The number of morpholine rings is 1. The van der Waals surface area contributed by atoms with Gasteiger partial charge in [0.05, 0.1) is 19.3 Å². The summed E-state index contributed by atoms with van der Waals surface area (Å²) in [5.41, 5.74) is 4.29. The van der Waals surface area contributed by atoms with Crippen molar-refractivity contribution in [2.45, 2.75) is 51.6 Å². The highest BCUT2D eigenvalue weighted by atomic mass is 16.5. The largest absolute Gasteiger partial charge is 0.490 e. The Labute approximate surface area is 179 Å². The molecule has 5 heteroatoms. The molecule has 0 bridgehead atoms. The van der Waals surface area contributed by atoms with E-state index in [0.29, 0.717) is 18.9 Å². The van der Waals surface area contributed by atoms with Crippen molar-refractivity contribution in [3.8, 4) is 5.75 Å². The average Bonchev–Trinajstić information content (AvgIpc) is 3.28. The molecular formula is C25H32N2O3. The molecule has 0 atom stereocenters. The van der Waals surface area contributed by atoms with E-state index in [2.05, 4.69) is 34.5 Å². The molecule has 2 fully saturated rings. The monoisotopic (exact) mass is 408 g/mol. The normalized spacial score (nSPS) is 17.2. The van der Waals surface area contributed by atoms with Gasteiger partial charge in [-0.1, -0.05) is 12.1 Å². The molecule has 2 aromatic carbocycles. The van der Waals surface area contributed by atoms with Crippen LogP contribution in [0.4, 0.5) is 11.4 Å². The third kappa shape index (κ3) is 5.54. The van der Waals surface area contributed by atoms with Crippen molar-refractivity contribution in [3.05, 3.63) is 53.6 Å². The van der Waals surface area contributed by atoms with Gasteiger partial charge in [0, 0.05) is 30.9 Å². The predicted octanol–water partition coefficient (Wildman–Crippen LogP) is 4.72. The molecule has 4 rings (SSSR count). The van der Waals surface area contributed by atoms with Crippen LogP contribution in [0.5, 0.6) is 5.75 Å². The van der Waals surface area contributed by atoms with E-state index in [-0.39, 0.29) is 5.91 Å². The molecule has 30 heavy (non-hydrogen) atoms. The fraction of sp³-hybridized carbons (Fsp3) is 0.480. The van der Waals surface area contributed by atoms with E-state index in [4.69, 9.17) is 9.47 Å². The Bertz CT molecular complexity index is 855. The molecule has 1 amide bonds. The fourth-order valence-corrected chi connectivity index (χ4v) is 4.25. The van der Waals surface area contributed by atoms with Crippen molar-refractivity contribution >= 4 is 17.3 Å². The van der Waals surface area contributed by atoms with Crippen LogP contribution in [0.1, 0.15) is 43.2 Å². The van der Waals surface area contributed by atoms with Crippen molar-refractivity contribution in [2.75, 3.05) is 36.5 Å². The molecule has 0 spiro atoms.